The zero-order valence-corrected chi connectivity index (χ0v) is 15.5. The number of rotatable bonds is 2. The van der Waals surface area contributed by atoms with Crippen molar-refractivity contribution in [1.29, 1.82) is 0 Å². The number of fused-ring (bicyclic) bond motifs is 2. The van der Waals surface area contributed by atoms with Gasteiger partial charge in [-0.3, -0.25) is 0 Å². The van der Waals surface area contributed by atoms with Crippen LogP contribution in [0, 0.1) is 6.92 Å². The molecule has 1 atom stereocenters. The highest BCUT2D eigenvalue weighted by atomic mass is 16.3. The summed E-state index contributed by atoms with van der Waals surface area (Å²) in [5.41, 5.74) is 7.04. The fourth-order valence-corrected chi connectivity index (χ4v) is 4.20. The van der Waals surface area contributed by atoms with Gasteiger partial charge in [-0.05, 0) is 54.9 Å². The minimum atomic E-state index is 0.237. The quantitative estimate of drug-likeness (QED) is 0.519. The van der Waals surface area contributed by atoms with Crippen molar-refractivity contribution >= 4 is 11.0 Å². The van der Waals surface area contributed by atoms with Crippen LogP contribution >= 0.6 is 0 Å². The Labute approximate surface area is 158 Å². The Hall–Kier alpha value is -2.98. The van der Waals surface area contributed by atoms with Crippen LogP contribution in [0.2, 0.25) is 0 Å². The molecule has 1 unspecified atom stereocenters. The van der Waals surface area contributed by atoms with Crippen molar-refractivity contribution < 1.29 is 4.42 Å². The van der Waals surface area contributed by atoms with Crippen LogP contribution in [0.5, 0.6) is 0 Å². The molecule has 0 saturated heterocycles. The van der Waals surface area contributed by atoms with Crippen LogP contribution in [0.25, 0.3) is 22.2 Å². The molecule has 27 heavy (non-hydrogen) atoms. The van der Waals surface area contributed by atoms with E-state index in [4.69, 9.17) is 4.42 Å². The van der Waals surface area contributed by atoms with Crippen molar-refractivity contribution in [3.63, 3.8) is 0 Å². The van der Waals surface area contributed by atoms with Gasteiger partial charge in [-0.25, -0.2) is 0 Å². The Bertz CT molecular complexity index is 1080. The summed E-state index contributed by atoms with van der Waals surface area (Å²) in [5.74, 6) is 1.27. The third-order valence-corrected chi connectivity index (χ3v) is 5.57. The number of para-hydroxylation sites is 1. The minimum absolute atomic E-state index is 0.237. The lowest BCUT2D eigenvalue weighted by atomic mass is 9.84. The van der Waals surface area contributed by atoms with Crippen molar-refractivity contribution in [3.05, 3.63) is 83.2 Å². The van der Waals surface area contributed by atoms with E-state index in [2.05, 4.69) is 59.4 Å². The largest absolute Gasteiger partial charge is 0.460 e. The second-order valence-corrected chi connectivity index (χ2v) is 7.35. The first-order chi connectivity index (χ1) is 13.2. The molecule has 1 aliphatic heterocycles. The molecule has 0 bridgehead atoms. The van der Waals surface area contributed by atoms with E-state index in [1.165, 1.54) is 16.7 Å². The molecule has 0 fully saturated rings. The Morgan fingerprint density at radius 3 is 2.78 bits per heavy atom. The van der Waals surface area contributed by atoms with E-state index in [9.17, 15) is 0 Å². The van der Waals surface area contributed by atoms with Crippen LogP contribution in [0.4, 0.5) is 0 Å². The van der Waals surface area contributed by atoms with Crippen molar-refractivity contribution in [2.24, 2.45) is 0 Å². The average Bonchev–Trinajstić information content (AvgIpc) is 3.13. The Morgan fingerprint density at radius 2 is 1.96 bits per heavy atom. The van der Waals surface area contributed by atoms with E-state index < -0.39 is 0 Å². The lowest BCUT2D eigenvalue weighted by molar-refractivity contribution is 0.281. The van der Waals surface area contributed by atoms with Gasteiger partial charge in [-0.1, -0.05) is 30.3 Å². The first-order valence-corrected chi connectivity index (χ1v) is 9.28. The molecular formula is C23H21N3O. The Morgan fingerprint density at radius 1 is 1.07 bits per heavy atom. The van der Waals surface area contributed by atoms with Crippen LogP contribution in [0.15, 0.2) is 65.2 Å². The average molecular weight is 355 g/mol. The summed E-state index contributed by atoms with van der Waals surface area (Å²) in [5, 5.41) is 9.50. The van der Waals surface area contributed by atoms with Gasteiger partial charge in [0.15, 0.2) is 0 Å². The van der Waals surface area contributed by atoms with Gasteiger partial charge in [0, 0.05) is 30.2 Å². The highest BCUT2D eigenvalue weighted by Crippen LogP contribution is 2.39. The van der Waals surface area contributed by atoms with Crippen LogP contribution in [0.1, 0.15) is 28.4 Å². The molecule has 2 aromatic carbocycles. The molecule has 0 amide bonds. The van der Waals surface area contributed by atoms with Gasteiger partial charge in [0.05, 0.1) is 11.6 Å². The molecule has 1 aliphatic rings. The second-order valence-electron chi connectivity index (χ2n) is 7.35. The van der Waals surface area contributed by atoms with Gasteiger partial charge in [0.1, 0.15) is 11.3 Å². The molecule has 0 radical (unpaired) electrons. The van der Waals surface area contributed by atoms with Crippen molar-refractivity contribution in [2.45, 2.75) is 19.4 Å². The molecule has 0 aliphatic carbocycles. The maximum Gasteiger partial charge on any atom is 0.134 e. The molecule has 0 N–H and O–H groups in total. The summed E-state index contributed by atoms with van der Waals surface area (Å²) >= 11 is 0. The van der Waals surface area contributed by atoms with Gasteiger partial charge in [-0.2, -0.15) is 10.2 Å². The monoisotopic (exact) mass is 355 g/mol. The maximum absolute atomic E-state index is 6.22. The zero-order valence-electron chi connectivity index (χ0n) is 15.5. The van der Waals surface area contributed by atoms with E-state index in [-0.39, 0.29) is 5.92 Å². The predicted molar refractivity (Wildman–Crippen MR) is 107 cm³/mol. The molecule has 4 nitrogen and oxygen atoms in total. The van der Waals surface area contributed by atoms with Crippen molar-refractivity contribution in [2.75, 3.05) is 13.6 Å². The number of likely N-dealkylation sites (N-methyl/N-ethyl adjacent to an activating group) is 1. The number of aromatic nitrogens is 2. The van der Waals surface area contributed by atoms with E-state index >= 15 is 0 Å². The fraction of sp³-hybridized carbons (Fsp3) is 0.217. The van der Waals surface area contributed by atoms with Crippen molar-refractivity contribution in [3.8, 4) is 11.3 Å². The summed E-state index contributed by atoms with van der Waals surface area (Å²) in [6, 6.07) is 18.8. The molecule has 2 aromatic heterocycles. The molecule has 5 rings (SSSR count). The van der Waals surface area contributed by atoms with Crippen LogP contribution < -0.4 is 0 Å². The highest BCUT2D eigenvalue weighted by molar-refractivity contribution is 5.78. The number of hydrogen-bond donors (Lipinski definition) is 0. The second kappa shape index (κ2) is 6.32. The Kier molecular flexibility index (Phi) is 3.80. The summed E-state index contributed by atoms with van der Waals surface area (Å²) in [7, 11) is 2.17. The smallest absolute Gasteiger partial charge is 0.134 e. The topological polar surface area (TPSA) is 42.2 Å². The van der Waals surface area contributed by atoms with Gasteiger partial charge >= 0.3 is 0 Å². The number of benzene rings is 2. The summed E-state index contributed by atoms with van der Waals surface area (Å²) in [4.78, 5) is 2.37. The van der Waals surface area contributed by atoms with Crippen LogP contribution in [0.3, 0.4) is 0 Å². The molecule has 4 aromatic rings. The number of nitrogens with zero attached hydrogens (tertiary/aromatic N) is 3. The molecule has 4 heteroatoms. The predicted octanol–water partition coefficient (Wildman–Crippen LogP) is 4.78. The number of hydrogen-bond acceptors (Lipinski definition) is 4. The van der Waals surface area contributed by atoms with E-state index in [1.54, 1.807) is 6.20 Å². The van der Waals surface area contributed by atoms with E-state index in [0.717, 1.165) is 41.1 Å². The SMILES string of the molecule is Cc1c(-c2cccnn2)ccc2c1CN(C)CC2c1cc2ccccc2o1. The van der Waals surface area contributed by atoms with Gasteiger partial charge < -0.3 is 9.32 Å². The molecule has 0 spiro atoms. The van der Waals surface area contributed by atoms with Gasteiger partial charge in [0.2, 0.25) is 0 Å². The van der Waals surface area contributed by atoms with E-state index in [0.29, 0.717) is 0 Å². The van der Waals surface area contributed by atoms with Crippen molar-refractivity contribution in [1.82, 2.24) is 15.1 Å². The van der Waals surface area contributed by atoms with Gasteiger partial charge in [-0.15, -0.1) is 0 Å². The summed E-state index contributed by atoms with van der Waals surface area (Å²) < 4.78 is 6.22. The molecular weight excluding hydrogens is 334 g/mol. The Balaban J connectivity index is 1.64. The van der Waals surface area contributed by atoms with E-state index in [1.807, 2.05) is 24.3 Å². The lowest BCUT2D eigenvalue weighted by Crippen LogP contribution is -2.31. The molecule has 134 valence electrons. The van der Waals surface area contributed by atoms with Crippen LogP contribution in [-0.2, 0) is 6.54 Å². The first kappa shape index (κ1) is 16.2. The minimum Gasteiger partial charge on any atom is -0.460 e. The maximum atomic E-state index is 6.22. The zero-order chi connectivity index (χ0) is 18.4. The third-order valence-electron chi connectivity index (χ3n) is 5.57. The highest BCUT2D eigenvalue weighted by Gasteiger charge is 2.29. The normalized spacial score (nSPS) is 17.2. The molecule has 3 heterocycles. The number of furan rings is 1. The first-order valence-electron chi connectivity index (χ1n) is 9.28. The lowest BCUT2D eigenvalue weighted by Gasteiger charge is -2.33. The summed E-state index contributed by atoms with van der Waals surface area (Å²) in [6.45, 7) is 4.08. The standard InChI is InChI=1S/C23H21N3O/c1-15-17(21-7-5-11-24-25-21)9-10-18-19(15)13-26(2)14-20(18)23-12-16-6-3-4-8-22(16)27-23/h3-12,20H,13-14H2,1-2H3. The fourth-order valence-electron chi connectivity index (χ4n) is 4.20. The van der Waals surface area contributed by atoms with Crippen LogP contribution in [-0.4, -0.2) is 28.7 Å². The van der Waals surface area contributed by atoms with Gasteiger partial charge in [0.25, 0.3) is 0 Å². The third kappa shape index (κ3) is 2.73. The summed E-state index contributed by atoms with van der Waals surface area (Å²) in [6.07, 6.45) is 1.71. The molecule has 0 saturated carbocycles.